The van der Waals surface area contributed by atoms with Gasteiger partial charge in [-0.15, -0.1) is 0 Å². The van der Waals surface area contributed by atoms with Gasteiger partial charge in [-0.25, -0.2) is 0 Å². The highest BCUT2D eigenvalue weighted by atomic mass is 35.5. The van der Waals surface area contributed by atoms with Gasteiger partial charge < -0.3 is 10.1 Å². The van der Waals surface area contributed by atoms with Crippen LogP contribution in [-0.2, 0) is 19.1 Å². The summed E-state index contributed by atoms with van der Waals surface area (Å²) in [5.41, 5.74) is 6.23. The molecule has 0 spiro atoms. The molecule has 0 heterocycles. The van der Waals surface area contributed by atoms with E-state index in [1.54, 1.807) is 30.3 Å². The zero-order valence-electron chi connectivity index (χ0n) is 15.7. The van der Waals surface area contributed by atoms with Crippen LogP contribution >= 0.6 is 11.6 Å². The fourth-order valence-corrected chi connectivity index (χ4v) is 2.39. The zero-order chi connectivity index (χ0) is 21.2. The first-order chi connectivity index (χ1) is 13.8. The standard InChI is InChI=1S/C20H20ClN3O5/c1-13-6-8-14(9-7-13)22-18(26)12-29-19(27)11-10-17(25)23-24-20(28)15-4-2-3-5-16(15)21/h2-9H,10-12H2,1H3,(H,22,26)(H,23,25)(H,24,28). The van der Waals surface area contributed by atoms with E-state index in [1.165, 1.54) is 6.07 Å². The lowest BCUT2D eigenvalue weighted by molar-refractivity contribution is -0.148. The Bertz CT molecular complexity index is 899. The van der Waals surface area contributed by atoms with Gasteiger partial charge in [-0.1, -0.05) is 41.4 Å². The van der Waals surface area contributed by atoms with E-state index in [9.17, 15) is 19.2 Å². The summed E-state index contributed by atoms with van der Waals surface area (Å²) in [6, 6.07) is 13.5. The molecule has 152 valence electrons. The van der Waals surface area contributed by atoms with Gasteiger partial charge in [0, 0.05) is 12.1 Å². The topological polar surface area (TPSA) is 114 Å². The van der Waals surface area contributed by atoms with Gasteiger partial charge in [0.25, 0.3) is 11.8 Å². The van der Waals surface area contributed by atoms with Crippen molar-refractivity contribution >= 4 is 41.0 Å². The molecular formula is C20H20ClN3O5. The number of benzene rings is 2. The highest BCUT2D eigenvalue weighted by Crippen LogP contribution is 2.14. The molecule has 0 atom stereocenters. The van der Waals surface area contributed by atoms with Crippen LogP contribution in [0.1, 0.15) is 28.8 Å². The summed E-state index contributed by atoms with van der Waals surface area (Å²) < 4.78 is 4.83. The molecule has 3 N–H and O–H groups in total. The Hall–Kier alpha value is -3.39. The van der Waals surface area contributed by atoms with E-state index in [1.807, 2.05) is 19.1 Å². The van der Waals surface area contributed by atoms with Crippen LogP contribution in [-0.4, -0.2) is 30.3 Å². The van der Waals surface area contributed by atoms with E-state index in [-0.39, 0.29) is 23.4 Å². The number of aryl methyl sites for hydroxylation is 1. The van der Waals surface area contributed by atoms with Crippen molar-refractivity contribution in [2.75, 3.05) is 11.9 Å². The number of amides is 3. The zero-order valence-corrected chi connectivity index (χ0v) is 16.4. The van der Waals surface area contributed by atoms with Gasteiger partial charge >= 0.3 is 5.97 Å². The molecule has 0 aromatic heterocycles. The lowest BCUT2D eigenvalue weighted by Crippen LogP contribution is -2.41. The summed E-state index contributed by atoms with van der Waals surface area (Å²) in [5, 5.41) is 2.83. The largest absolute Gasteiger partial charge is 0.456 e. The van der Waals surface area contributed by atoms with E-state index >= 15 is 0 Å². The van der Waals surface area contributed by atoms with Crippen molar-refractivity contribution in [1.29, 1.82) is 0 Å². The van der Waals surface area contributed by atoms with Crippen LogP contribution in [0.5, 0.6) is 0 Å². The Morgan fingerprint density at radius 1 is 0.897 bits per heavy atom. The van der Waals surface area contributed by atoms with Crippen LogP contribution in [0.25, 0.3) is 0 Å². The smallest absolute Gasteiger partial charge is 0.306 e. The van der Waals surface area contributed by atoms with Gasteiger partial charge in [0.15, 0.2) is 6.61 Å². The van der Waals surface area contributed by atoms with Crippen LogP contribution < -0.4 is 16.2 Å². The number of halogens is 1. The average molecular weight is 418 g/mol. The maximum absolute atomic E-state index is 11.9. The Kier molecular flexibility index (Phi) is 8.17. The maximum Gasteiger partial charge on any atom is 0.306 e. The third-order valence-corrected chi connectivity index (χ3v) is 4.02. The number of nitrogens with one attached hydrogen (secondary N) is 3. The van der Waals surface area contributed by atoms with Crippen molar-refractivity contribution in [3.05, 3.63) is 64.7 Å². The Morgan fingerprint density at radius 2 is 1.59 bits per heavy atom. The van der Waals surface area contributed by atoms with Crippen LogP contribution in [0, 0.1) is 6.92 Å². The van der Waals surface area contributed by atoms with Crippen LogP contribution in [0.3, 0.4) is 0 Å². The monoisotopic (exact) mass is 417 g/mol. The third-order valence-electron chi connectivity index (χ3n) is 3.69. The molecule has 0 saturated carbocycles. The SMILES string of the molecule is Cc1ccc(NC(=O)COC(=O)CCC(=O)NNC(=O)c2ccccc2Cl)cc1. The fraction of sp³-hybridized carbons (Fsp3) is 0.200. The predicted octanol–water partition coefficient (Wildman–Crippen LogP) is 2.37. The number of hydrazine groups is 1. The van der Waals surface area contributed by atoms with E-state index < -0.39 is 30.3 Å². The van der Waals surface area contributed by atoms with Gasteiger partial charge in [0.05, 0.1) is 17.0 Å². The van der Waals surface area contributed by atoms with Crippen molar-refractivity contribution < 1.29 is 23.9 Å². The number of carbonyl (C=O) groups excluding carboxylic acids is 4. The molecule has 2 rings (SSSR count). The maximum atomic E-state index is 11.9. The first-order valence-corrected chi connectivity index (χ1v) is 9.09. The van der Waals surface area contributed by atoms with Crippen molar-refractivity contribution in [3.8, 4) is 0 Å². The minimum Gasteiger partial charge on any atom is -0.456 e. The molecule has 3 amide bonds. The van der Waals surface area contributed by atoms with Crippen molar-refractivity contribution in [2.24, 2.45) is 0 Å². The van der Waals surface area contributed by atoms with Crippen molar-refractivity contribution in [1.82, 2.24) is 10.9 Å². The number of hydrogen-bond donors (Lipinski definition) is 3. The van der Waals surface area contributed by atoms with Gasteiger partial charge in [-0.3, -0.25) is 30.0 Å². The molecule has 2 aromatic carbocycles. The molecule has 0 bridgehead atoms. The number of carbonyl (C=O) groups is 4. The molecule has 0 unspecified atom stereocenters. The quantitative estimate of drug-likeness (QED) is 0.472. The molecule has 8 nitrogen and oxygen atoms in total. The molecule has 2 aromatic rings. The van der Waals surface area contributed by atoms with E-state index in [0.29, 0.717) is 5.69 Å². The lowest BCUT2D eigenvalue weighted by Gasteiger charge is -2.09. The first kappa shape index (κ1) is 21.9. The molecule has 0 fully saturated rings. The molecule has 0 aliphatic rings. The lowest BCUT2D eigenvalue weighted by atomic mass is 10.2. The molecule has 0 radical (unpaired) electrons. The number of anilines is 1. The fourth-order valence-electron chi connectivity index (χ4n) is 2.17. The highest BCUT2D eigenvalue weighted by molar-refractivity contribution is 6.33. The van der Waals surface area contributed by atoms with Gasteiger partial charge in [-0.2, -0.15) is 0 Å². The van der Waals surface area contributed by atoms with Gasteiger partial charge in [0.1, 0.15) is 0 Å². The molecule has 0 aliphatic heterocycles. The summed E-state index contributed by atoms with van der Waals surface area (Å²) in [6.45, 7) is 1.46. The molecule has 0 saturated heterocycles. The second-order valence-electron chi connectivity index (χ2n) is 6.06. The second-order valence-corrected chi connectivity index (χ2v) is 6.46. The molecular weight excluding hydrogens is 398 g/mol. The summed E-state index contributed by atoms with van der Waals surface area (Å²) in [5.74, 6) is -2.37. The number of rotatable bonds is 7. The van der Waals surface area contributed by atoms with Crippen LogP contribution in [0.4, 0.5) is 5.69 Å². The van der Waals surface area contributed by atoms with Gasteiger partial charge in [0.2, 0.25) is 5.91 Å². The Labute approximate surface area is 172 Å². The highest BCUT2D eigenvalue weighted by Gasteiger charge is 2.13. The summed E-state index contributed by atoms with van der Waals surface area (Å²) in [7, 11) is 0. The van der Waals surface area contributed by atoms with Gasteiger partial charge in [-0.05, 0) is 31.2 Å². The van der Waals surface area contributed by atoms with Crippen LogP contribution in [0.2, 0.25) is 5.02 Å². The minimum absolute atomic E-state index is 0.202. The predicted molar refractivity (Wildman–Crippen MR) is 107 cm³/mol. The summed E-state index contributed by atoms with van der Waals surface area (Å²) >= 11 is 5.89. The minimum atomic E-state index is -0.711. The van der Waals surface area contributed by atoms with E-state index in [4.69, 9.17) is 16.3 Å². The normalized spacial score (nSPS) is 10.0. The number of esters is 1. The van der Waals surface area contributed by atoms with Crippen LogP contribution in [0.15, 0.2) is 48.5 Å². The molecule has 0 aliphatic carbocycles. The molecule has 9 heteroatoms. The second kappa shape index (κ2) is 10.8. The third kappa shape index (κ3) is 7.63. The van der Waals surface area contributed by atoms with Crippen molar-refractivity contribution in [2.45, 2.75) is 19.8 Å². The van der Waals surface area contributed by atoms with E-state index in [2.05, 4.69) is 16.2 Å². The first-order valence-electron chi connectivity index (χ1n) is 8.71. The Balaban J connectivity index is 1.64. The number of ether oxygens (including phenoxy) is 1. The Morgan fingerprint density at radius 3 is 2.28 bits per heavy atom. The summed E-state index contributed by atoms with van der Waals surface area (Å²) in [6.07, 6.45) is -0.465. The summed E-state index contributed by atoms with van der Waals surface area (Å²) in [4.78, 5) is 47.1. The molecule has 29 heavy (non-hydrogen) atoms. The average Bonchev–Trinajstić information content (AvgIpc) is 2.71. The van der Waals surface area contributed by atoms with Crippen molar-refractivity contribution in [3.63, 3.8) is 0 Å². The number of hydrogen-bond acceptors (Lipinski definition) is 5. The van der Waals surface area contributed by atoms with E-state index in [0.717, 1.165) is 5.56 Å².